The second kappa shape index (κ2) is 6.64. The van der Waals surface area contributed by atoms with Gasteiger partial charge in [0.1, 0.15) is 0 Å². The molecule has 0 unspecified atom stereocenters. The number of carbonyl (C=O) groups is 1. The Balaban J connectivity index is 2.68. The first-order valence-electron chi connectivity index (χ1n) is 6.13. The van der Waals surface area contributed by atoms with Crippen molar-refractivity contribution in [3.63, 3.8) is 0 Å². The Bertz CT molecular complexity index is 461. The molecular weight excluding hydrogens is 280 g/mol. The van der Waals surface area contributed by atoms with Crippen LogP contribution in [0, 0.1) is 5.41 Å². The van der Waals surface area contributed by atoms with E-state index in [1.54, 1.807) is 18.2 Å². The van der Waals surface area contributed by atoms with Gasteiger partial charge in [-0.2, -0.15) is 0 Å². The van der Waals surface area contributed by atoms with Crippen LogP contribution in [0.3, 0.4) is 0 Å². The Kier molecular flexibility index (Phi) is 5.71. The van der Waals surface area contributed by atoms with Gasteiger partial charge < -0.3 is 10.2 Å². The van der Waals surface area contributed by atoms with Crippen molar-refractivity contribution >= 4 is 30.1 Å². The average Bonchev–Trinajstić information content (AvgIpc) is 2.27. The molecule has 0 radical (unpaired) electrons. The number of carbonyl (C=O) groups excluding carboxylic acids is 1. The molecule has 0 aliphatic carbocycles. The molecule has 0 atom stereocenters. The molecule has 1 N–H and O–H groups in total. The molecule has 1 rings (SSSR count). The lowest BCUT2D eigenvalue weighted by atomic mass is 9.93. The van der Waals surface area contributed by atoms with Gasteiger partial charge in [0, 0.05) is 18.0 Å². The van der Waals surface area contributed by atoms with E-state index in [-0.39, 0.29) is 11.3 Å². The van der Waals surface area contributed by atoms with Gasteiger partial charge in [0.15, 0.2) is 0 Å². The van der Waals surface area contributed by atoms with Crippen molar-refractivity contribution in [2.24, 2.45) is 5.41 Å². The molecule has 1 amide bonds. The van der Waals surface area contributed by atoms with Gasteiger partial charge in [0.25, 0.3) is 5.91 Å². The van der Waals surface area contributed by atoms with E-state index in [2.05, 4.69) is 36.7 Å². The van der Waals surface area contributed by atoms with Crippen LogP contribution in [0.15, 0.2) is 23.1 Å². The molecule has 1 aromatic carbocycles. The van der Waals surface area contributed by atoms with E-state index in [0.29, 0.717) is 17.1 Å². The molecule has 0 fully saturated rings. The second-order valence-electron chi connectivity index (χ2n) is 5.75. The van der Waals surface area contributed by atoms with Crippen molar-refractivity contribution in [3.05, 3.63) is 28.8 Å². The molecule has 5 heteroatoms. The fourth-order valence-corrected chi connectivity index (χ4v) is 2.42. The molecule has 106 valence electrons. The van der Waals surface area contributed by atoms with E-state index in [9.17, 15) is 4.79 Å². The highest BCUT2D eigenvalue weighted by Crippen LogP contribution is 2.20. The highest BCUT2D eigenvalue weighted by Gasteiger charge is 2.20. The third kappa shape index (κ3) is 5.43. The summed E-state index contributed by atoms with van der Waals surface area (Å²) >= 11 is 10.2. The molecule has 19 heavy (non-hydrogen) atoms. The number of hydrogen-bond acceptors (Lipinski definition) is 3. The largest absolute Gasteiger partial charge is 0.351 e. The predicted octanol–water partition coefficient (Wildman–Crippen LogP) is 2.95. The topological polar surface area (TPSA) is 32.3 Å². The number of hydrogen-bond donors (Lipinski definition) is 2. The van der Waals surface area contributed by atoms with Crippen LogP contribution in [0.4, 0.5) is 0 Å². The minimum Gasteiger partial charge on any atom is -0.351 e. The zero-order chi connectivity index (χ0) is 14.6. The maximum atomic E-state index is 12.1. The minimum absolute atomic E-state index is 0.00418. The predicted molar refractivity (Wildman–Crippen MR) is 83.4 cm³/mol. The number of amides is 1. The van der Waals surface area contributed by atoms with Crippen LogP contribution < -0.4 is 5.32 Å². The van der Waals surface area contributed by atoms with Crippen LogP contribution in [0.1, 0.15) is 24.2 Å². The third-order valence-electron chi connectivity index (χ3n) is 2.67. The lowest BCUT2D eigenvalue weighted by Gasteiger charge is -2.28. The maximum absolute atomic E-state index is 12.1. The Morgan fingerprint density at radius 1 is 1.42 bits per heavy atom. The molecule has 3 nitrogen and oxygen atoms in total. The summed E-state index contributed by atoms with van der Waals surface area (Å²) in [6, 6.07) is 5.13. The standard InChI is InChI=1S/C14H21ClN2OS/c1-14(2,9-17(3)4)8-16-13(18)11-7-10(19)5-6-12(11)15/h5-7,19H,8-9H2,1-4H3,(H,16,18). The molecule has 1 aromatic rings. The van der Waals surface area contributed by atoms with Crippen molar-refractivity contribution in [1.82, 2.24) is 10.2 Å². The third-order valence-corrected chi connectivity index (χ3v) is 3.27. The van der Waals surface area contributed by atoms with Crippen LogP contribution in [-0.4, -0.2) is 38.0 Å². The van der Waals surface area contributed by atoms with Crippen LogP contribution in [-0.2, 0) is 0 Å². The molecule has 0 saturated carbocycles. The van der Waals surface area contributed by atoms with E-state index < -0.39 is 0 Å². The summed E-state index contributed by atoms with van der Waals surface area (Å²) in [7, 11) is 4.04. The van der Waals surface area contributed by atoms with E-state index in [0.717, 1.165) is 11.4 Å². The van der Waals surface area contributed by atoms with Gasteiger partial charge in [-0.1, -0.05) is 25.4 Å². The lowest BCUT2D eigenvalue weighted by molar-refractivity contribution is 0.0929. The fraction of sp³-hybridized carbons (Fsp3) is 0.500. The zero-order valence-corrected chi connectivity index (χ0v) is 13.5. The molecule has 0 aliphatic heterocycles. The zero-order valence-electron chi connectivity index (χ0n) is 11.8. The van der Waals surface area contributed by atoms with Crippen LogP contribution in [0.25, 0.3) is 0 Å². The Labute approximate surface area is 125 Å². The number of nitrogens with one attached hydrogen (secondary N) is 1. The molecule has 0 spiro atoms. The Morgan fingerprint density at radius 3 is 2.63 bits per heavy atom. The number of thiol groups is 1. The molecule has 0 saturated heterocycles. The van der Waals surface area contributed by atoms with Gasteiger partial charge in [-0.15, -0.1) is 12.6 Å². The summed E-state index contributed by atoms with van der Waals surface area (Å²) in [5.74, 6) is -0.160. The highest BCUT2D eigenvalue weighted by atomic mass is 35.5. The molecule has 0 heterocycles. The highest BCUT2D eigenvalue weighted by molar-refractivity contribution is 7.80. The van der Waals surface area contributed by atoms with Gasteiger partial charge >= 0.3 is 0 Å². The van der Waals surface area contributed by atoms with Crippen molar-refractivity contribution in [2.45, 2.75) is 18.7 Å². The number of rotatable bonds is 5. The fourth-order valence-electron chi connectivity index (χ4n) is 2.01. The maximum Gasteiger partial charge on any atom is 0.252 e. The molecular formula is C14H21ClN2OS. The van der Waals surface area contributed by atoms with Gasteiger partial charge in [0.2, 0.25) is 0 Å². The lowest BCUT2D eigenvalue weighted by Crippen LogP contribution is -2.40. The summed E-state index contributed by atoms with van der Waals surface area (Å²) in [5.41, 5.74) is 0.472. The van der Waals surface area contributed by atoms with Gasteiger partial charge in [-0.3, -0.25) is 4.79 Å². The monoisotopic (exact) mass is 300 g/mol. The van der Waals surface area contributed by atoms with Crippen LogP contribution in [0.2, 0.25) is 5.02 Å². The summed E-state index contributed by atoms with van der Waals surface area (Å²) in [4.78, 5) is 14.9. The van der Waals surface area contributed by atoms with Gasteiger partial charge in [-0.25, -0.2) is 0 Å². The van der Waals surface area contributed by atoms with Crippen molar-refractivity contribution in [1.29, 1.82) is 0 Å². The summed E-state index contributed by atoms with van der Waals surface area (Å²) in [5, 5.41) is 3.37. The summed E-state index contributed by atoms with van der Waals surface area (Å²) in [6.07, 6.45) is 0. The molecule has 0 bridgehead atoms. The number of nitrogens with zero attached hydrogens (tertiary/aromatic N) is 1. The smallest absolute Gasteiger partial charge is 0.252 e. The van der Waals surface area contributed by atoms with Crippen LogP contribution in [0.5, 0.6) is 0 Å². The van der Waals surface area contributed by atoms with E-state index >= 15 is 0 Å². The summed E-state index contributed by atoms with van der Waals surface area (Å²) < 4.78 is 0. The second-order valence-corrected chi connectivity index (χ2v) is 6.67. The average molecular weight is 301 g/mol. The summed E-state index contributed by atoms with van der Waals surface area (Å²) in [6.45, 7) is 5.72. The first-order chi connectivity index (χ1) is 8.71. The van der Waals surface area contributed by atoms with Crippen LogP contribution >= 0.6 is 24.2 Å². The SMILES string of the molecule is CN(C)CC(C)(C)CNC(=O)c1cc(S)ccc1Cl. The number of benzene rings is 1. The molecule has 0 aliphatic rings. The minimum atomic E-state index is -0.160. The van der Waals surface area contributed by atoms with Crippen molar-refractivity contribution < 1.29 is 4.79 Å². The van der Waals surface area contributed by atoms with E-state index in [4.69, 9.17) is 11.6 Å². The first kappa shape index (κ1) is 16.3. The van der Waals surface area contributed by atoms with Crippen molar-refractivity contribution in [2.75, 3.05) is 27.2 Å². The molecule has 0 aromatic heterocycles. The van der Waals surface area contributed by atoms with Gasteiger partial charge in [-0.05, 0) is 37.7 Å². The Morgan fingerprint density at radius 2 is 2.05 bits per heavy atom. The van der Waals surface area contributed by atoms with E-state index in [1.165, 1.54) is 0 Å². The Hall–Kier alpha value is -0.710. The normalized spacial score (nSPS) is 11.7. The quantitative estimate of drug-likeness (QED) is 0.820. The van der Waals surface area contributed by atoms with E-state index in [1.807, 2.05) is 14.1 Å². The van der Waals surface area contributed by atoms with Gasteiger partial charge in [0.05, 0.1) is 10.6 Å². The van der Waals surface area contributed by atoms with Crippen molar-refractivity contribution in [3.8, 4) is 0 Å². The number of halogens is 1. The first-order valence-corrected chi connectivity index (χ1v) is 6.95.